The summed E-state index contributed by atoms with van der Waals surface area (Å²) >= 11 is 0. The maximum absolute atomic E-state index is 13.1. The van der Waals surface area contributed by atoms with Crippen molar-refractivity contribution in [3.8, 4) is 5.75 Å². The number of nitrogens with one attached hydrogen (secondary N) is 1. The van der Waals surface area contributed by atoms with Crippen molar-refractivity contribution in [1.82, 2.24) is 15.1 Å². The lowest BCUT2D eigenvalue weighted by atomic mass is 9.72. The zero-order chi connectivity index (χ0) is 33.6. The molecule has 49 heavy (non-hydrogen) atoms. The minimum absolute atomic E-state index is 0.119. The summed E-state index contributed by atoms with van der Waals surface area (Å²) in [5, 5.41) is 12.4. The molecule has 0 saturated carbocycles. The van der Waals surface area contributed by atoms with Crippen molar-refractivity contribution in [1.29, 1.82) is 0 Å². The van der Waals surface area contributed by atoms with Crippen LogP contribution in [0.5, 0.6) is 5.75 Å². The van der Waals surface area contributed by atoms with Crippen LogP contribution in [0.25, 0.3) is 0 Å². The maximum Gasteiger partial charge on any atom is 0.255 e. The molecule has 8 rings (SSSR count). The van der Waals surface area contributed by atoms with Gasteiger partial charge in [-0.3, -0.25) is 24.6 Å². The first-order valence-electron chi connectivity index (χ1n) is 18.2. The van der Waals surface area contributed by atoms with Gasteiger partial charge in [-0.1, -0.05) is 25.1 Å². The van der Waals surface area contributed by atoms with Crippen molar-refractivity contribution in [2.75, 3.05) is 55.6 Å². The molecule has 0 unspecified atom stereocenters. The van der Waals surface area contributed by atoms with Crippen molar-refractivity contribution in [2.45, 2.75) is 64.0 Å². The van der Waals surface area contributed by atoms with E-state index in [0.29, 0.717) is 42.0 Å². The number of rotatable bonds is 6. The third-order valence-corrected chi connectivity index (χ3v) is 11.9. The summed E-state index contributed by atoms with van der Waals surface area (Å²) in [7, 11) is 0. The monoisotopic (exact) mass is 661 g/mol. The lowest BCUT2D eigenvalue weighted by Gasteiger charge is -2.40. The minimum atomic E-state index is -0.580. The number of carbonyl (C=O) groups is 3. The topological polar surface area (TPSA) is 96.4 Å². The standard InChI is InChI=1S/C40H47N5O4/c1-26-2-3-29-23-33(46)9-11-34(29)38(26)28-4-6-31(7-5-28)43-16-14-27(15-17-43)24-42-18-20-44(21-19-42)32-8-10-35-30(22-32)25-45(40(35)49)36-12-13-37(47)41-39(36)48/h4-11,22-23,26-27,36,38,46H,2-3,12-21,24-25H2,1H3,(H,41,47,48)/t26-,36+,38+/m1/s1. The molecule has 0 aromatic heterocycles. The lowest BCUT2D eigenvalue weighted by Crippen LogP contribution is -2.52. The van der Waals surface area contributed by atoms with Crippen molar-refractivity contribution in [2.24, 2.45) is 11.8 Å². The molecular formula is C40H47N5O4. The third-order valence-electron chi connectivity index (χ3n) is 11.9. The molecule has 3 aromatic rings. The Bertz CT molecular complexity index is 1740. The van der Waals surface area contributed by atoms with Gasteiger partial charge in [0.25, 0.3) is 5.91 Å². The molecule has 4 heterocycles. The molecule has 3 fully saturated rings. The number of hydrogen-bond acceptors (Lipinski definition) is 7. The molecule has 9 nitrogen and oxygen atoms in total. The summed E-state index contributed by atoms with van der Waals surface area (Å²) in [6.45, 7) is 10.1. The summed E-state index contributed by atoms with van der Waals surface area (Å²) in [4.78, 5) is 46.3. The number of piperazine rings is 1. The number of nitrogens with zero attached hydrogens (tertiary/aromatic N) is 4. The lowest BCUT2D eigenvalue weighted by molar-refractivity contribution is -0.136. The molecule has 256 valence electrons. The zero-order valence-corrected chi connectivity index (χ0v) is 28.4. The van der Waals surface area contributed by atoms with Crippen LogP contribution in [-0.4, -0.2) is 84.5 Å². The summed E-state index contributed by atoms with van der Waals surface area (Å²) in [5.74, 6) is 1.29. The van der Waals surface area contributed by atoms with Crippen LogP contribution in [-0.2, 0) is 22.6 Å². The van der Waals surface area contributed by atoms with Gasteiger partial charge in [0.2, 0.25) is 11.8 Å². The van der Waals surface area contributed by atoms with Crippen molar-refractivity contribution in [3.05, 3.63) is 88.5 Å². The molecule has 0 bridgehead atoms. The number of imide groups is 1. The van der Waals surface area contributed by atoms with Crippen molar-refractivity contribution in [3.63, 3.8) is 0 Å². The van der Waals surface area contributed by atoms with E-state index < -0.39 is 6.04 Å². The predicted octanol–water partition coefficient (Wildman–Crippen LogP) is 4.91. The van der Waals surface area contributed by atoms with Crippen molar-refractivity contribution < 1.29 is 19.5 Å². The Kier molecular flexibility index (Phi) is 8.56. The number of phenols is 1. The van der Waals surface area contributed by atoms with Gasteiger partial charge in [0.15, 0.2) is 0 Å². The van der Waals surface area contributed by atoms with E-state index in [0.717, 1.165) is 69.9 Å². The number of hydrogen-bond donors (Lipinski definition) is 2. The highest BCUT2D eigenvalue weighted by molar-refractivity contribution is 6.05. The van der Waals surface area contributed by atoms with Gasteiger partial charge in [-0.05, 0) is 109 Å². The Labute approximate surface area is 288 Å². The fraction of sp³-hybridized carbons (Fsp3) is 0.475. The first-order valence-corrected chi connectivity index (χ1v) is 18.2. The van der Waals surface area contributed by atoms with Gasteiger partial charge >= 0.3 is 0 Å². The summed E-state index contributed by atoms with van der Waals surface area (Å²) in [6, 6.07) is 20.7. The van der Waals surface area contributed by atoms with Gasteiger partial charge in [0, 0.05) is 81.6 Å². The SMILES string of the molecule is C[C@@H]1CCc2cc(O)ccc2[C@@H]1c1ccc(N2CCC(CN3CCN(c4ccc5c(c4)CN([C@H]4CCC(=O)NC4=O)C5=O)CC3)CC2)cc1. The van der Waals surface area contributed by atoms with E-state index in [2.05, 4.69) is 63.3 Å². The van der Waals surface area contributed by atoms with Gasteiger partial charge in [-0.25, -0.2) is 0 Å². The molecule has 3 amide bonds. The second-order valence-electron chi connectivity index (χ2n) is 14.9. The summed E-state index contributed by atoms with van der Waals surface area (Å²) < 4.78 is 0. The Morgan fingerprint density at radius 3 is 2.24 bits per heavy atom. The Balaban J connectivity index is 0.816. The molecule has 4 aliphatic heterocycles. The van der Waals surface area contributed by atoms with E-state index in [9.17, 15) is 19.5 Å². The Hall–Kier alpha value is -4.37. The van der Waals surface area contributed by atoms with Gasteiger partial charge < -0.3 is 19.8 Å². The number of benzene rings is 3. The van der Waals surface area contributed by atoms with Crippen molar-refractivity contribution >= 4 is 29.1 Å². The molecule has 3 saturated heterocycles. The first kappa shape index (κ1) is 31.9. The smallest absolute Gasteiger partial charge is 0.255 e. The third kappa shape index (κ3) is 6.29. The highest BCUT2D eigenvalue weighted by Gasteiger charge is 2.39. The second kappa shape index (κ2) is 13.2. The largest absolute Gasteiger partial charge is 0.508 e. The molecule has 3 atom stereocenters. The van der Waals surface area contributed by atoms with Gasteiger partial charge in [-0.15, -0.1) is 0 Å². The minimum Gasteiger partial charge on any atom is -0.508 e. The Morgan fingerprint density at radius 2 is 1.49 bits per heavy atom. The van der Waals surface area contributed by atoms with Gasteiger partial charge in [-0.2, -0.15) is 0 Å². The highest BCUT2D eigenvalue weighted by Crippen LogP contribution is 2.42. The first-order chi connectivity index (χ1) is 23.8. The molecule has 0 radical (unpaired) electrons. The molecule has 5 aliphatic rings. The van der Waals surface area contributed by atoms with Gasteiger partial charge in [0.1, 0.15) is 11.8 Å². The maximum atomic E-state index is 13.1. The molecule has 0 spiro atoms. The van der Waals surface area contributed by atoms with E-state index in [4.69, 9.17) is 0 Å². The fourth-order valence-electron chi connectivity index (χ4n) is 9.05. The molecule has 9 heteroatoms. The van der Waals surface area contributed by atoms with Crippen LogP contribution in [0.3, 0.4) is 0 Å². The quantitative estimate of drug-likeness (QED) is 0.363. The van der Waals surface area contributed by atoms with Crippen LogP contribution in [0.15, 0.2) is 60.7 Å². The average Bonchev–Trinajstić information content (AvgIpc) is 3.44. The molecule has 1 aliphatic carbocycles. The molecule has 2 N–H and O–H groups in total. The van der Waals surface area contributed by atoms with Crippen LogP contribution in [0.4, 0.5) is 11.4 Å². The van der Waals surface area contributed by atoms with E-state index in [-0.39, 0.29) is 24.1 Å². The Morgan fingerprint density at radius 1 is 0.755 bits per heavy atom. The normalized spacial score (nSPS) is 25.0. The highest BCUT2D eigenvalue weighted by atomic mass is 16.3. The summed E-state index contributed by atoms with van der Waals surface area (Å²) in [5.41, 5.74) is 8.12. The van der Waals surface area contributed by atoms with Crippen LogP contribution in [0.1, 0.15) is 77.6 Å². The number of amides is 3. The van der Waals surface area contributed by atoms with Crippen LogP contribution in [0, 0.1) is 11.8 Å². The second-order valence-corrected chi connectivity index (χ2v) is 14.9. The molecular weight excluding hydrogens is 614 g/mol. The van der Waals surface area contributed by atoms with Crippen LogP contribution in [0.2, 0.25) is 0 Å². The number of piperidine rings is 2. The summed E-state index contributed by atoms with van der Waals surface area (Å²) in [6.07, 6.45) is 5.26. The molecule has 3 aromatic carbocycles. The number of fused-ring (bicyclic) bond motifs is 2. The number of phenolic OH excluding ortho intramolecular Hbond substituents is 1. The van der Waals surface area contributed by atoms with E-state index >= 15 is 0 Å². The number of carbonyl (C=O) groups excluding carboxylic acids is 3. The zero-order valence-electron chi connectivity index (χ0n) is 28.4. The predicted molar refractivity (Wildman–Crippen MR) is 190 cm³/mol. The van der Waals surface area contributed by atoms with Gasteiger partial charge in [0.05, 0.1) is 0 Å². The number of aryl methyl sites for hydroxylation is 1. The van der Waals surface area contributed by atoms with E-state index in [1.165, 1.54) is 35.2 Å². The fourth-order valence-corrected chi connectivity index (χ4v) is 9.05. The van der Waals surface area contributed by atoms with E-state index in [1.54, 1.807) is 4.90 Å². The average molecular weight is 662 g/mol. The number of anilines is 2. The number of aromatic hydroxyl groups is 1. The van der Waals surface area contributed by atoms with E-state index in [1.807, 2.05) is 24.3 Å². The van der Waals surface area contributed by atoms with Crippen LogP contribution >= 0.6 is 0 Å². The van der Waals surface area contributed by atoms with Crippen LogP contribution < -0.4 is 15.1 Å².